The lowest BCUT2D eigenvalue weighted by atomic mass is 9.85. The van der Waals surface area contributed by atoms with Crippen molar-refractivity contribution in [1.29, 1.82) is 0 Å². The average molecular weight is 522 g/mol. The number of hydrogen-bond donors (Lipinski definition) is 2. The molecule has 3 atom stereocenters. The summed E-state index contributed by atoms with van der Waals surface area (Å²) in [6, 6.07) is -0.988. The fourth-order valence-electron chi connectivity index (χ4n) is 4.92. The zero-order chi connectivity index (χ0) is 26.8. The number of carbonyl (C=O) groups excluding carboxylic acids is 2. The Labute approximate surface area is 211 Å². The number of hydrogen-bond acceptors (Lipinski definition) is 7. The minimum absolute atomic E-state index is 0.0125. The molecule has 2 saturated carbocycles. The van der Waals surface area contributed by atoms with Gasteiger partial charge in [0, 0.05) is 31.3 Å². The minimum Gasteiger partial charge on any atom is -0.391 e. The predicted octanol–water partition coefficient (Wildman–Crippen LogP) is 2.32. The van der Waals surface area contributed by atoms with E-state index in [9.17, 15) is 27.9 Å². The molecule has 0 unspecified atom stereocenters. The van der Waals surface area contributed by atoms with E-state index in [0.29, 0.717) is 18.8 Å². The van der Waals surface area contributed by atoms with E-state index < -0.39 is 46.9 Å². The van der Waals surface area contributed by atoms with E-state index >= 15 is 0 Å². The van der Waals surface area contributed by atoms with Crippen LogP contribution in [0.3, 0.4) is 0 Å². The number of aliphatic hydroxyl groups is 1. The molecule has 2 aromatic heterocycles. The highest BCUT2D eigenvalue weighted by Crippen LogP contribution is 2.45. The Kier molecular flexibility index (Phi) is 6.04. The summed E-state index contributed by atoms with van der Waals surface area (Å²) in [7, 11) is 0. The van der Waals surface area contributed by atoms with Crippen molar-refractivity contribution < 1.29 is 27.9 Å². The number of amides is 2. The summed E-state index contributed by atoms with van der Waals surface area (Å²) in [5, 5.41) is 21.6. The van der Waals surface area contributed by atoms with Crippen LogP contribution in [0, 0.1) is 5.41 Å². The van der Waals surface area contributed by atoms with Gasteiger partial charge in [-0.3, -0.25) is 9.59 Å². The van der Waals surface area contributed by atoms with Gasteiger partial charge in [-0.15, -0.1) is 5.10 Å². The van der Waals surface area contributed by atoms with Crippen LogP contribution in [0.15, 0.2) is 18.5 Å². The Morgan fingerprint density at radius 3 is 2.51 bits per heavy atom. The molecular formula is C24H30F3N7O3. The molecule has 0 bridgehead atoms. The quantitative estimate of drug-likeness (QED) is 0.598. The Morgan fingerprint density at radius 1 is 1.22 bits per heavy atom. The summed E-state index contributed by atoms with van der Waals surface area (Å²) < 4.78 is 41.0. The third-order valence-electron chi connectivity index (χ3n) is 7.19. The number of likely N-dealkylation sites (tertiary alicyclic amines) is 1. The van der Waals surface area contributed by atoms with Crippen molar-refractivity contribution in [1.82, 2.24) is 35.2 Å². The number of carbonyl (C=O) groups is 2. The Morgan fingerprint density at radius 2 is 1.92 bits per heavy atom. The highest BCUT2D eigenvalue weighted by Gasteiger charge is 2.52. The first-order valence-electron chi connectivity index (χ1n) is 12.4. The van der Waals surface area contributed by atoms with Crippen molar-refractivity contribution in [2.75, 3.05) is 6.54 Å². The van der Waals surface area contributed by atoms with E-state index in [1.807, 2.05) is 20.8 Å². The molecule has 1 saturated heterocycles. The molecule has 2 N–H and O–H groups in total. The van der Waals surface area contributed by atoms with Gasteiger partial charge in [0.15, 0.2) is 5.82 Å². The first kappa shape index (κ1) is 25.6. The molecule has 1 aliphatic heterocycles. The molecule has 13 heteroatoms. The van der Waals surface area contributed by atoms with E-state index in [1.165, 1.54) is 9.58 Å². The van der Waals surface area contributed by atoms with Gasteiger partial charge < -0.3 is 15.3 Å². The molecule has 0 radical (unpaired) electrons. The maximum Gasteiger partial charge on any atom is 0.433 e. The van der Waals surface area contributed by atoms with Gasteiger partial charge in [-0.2, -0.15) is 13.2 Å². The molecule has 3 heterocycles. The smallest absolute Gasteiger partial charge is 0.391 e. The first-order valence-corrected chi connectivity index (χ1v) is 12.4. The third-order valence-corrected chi connectivity index (χ3v) is 7.19. The number of rotatable bonds is 6. The largest absolute Gasteiger partial charge is 0.433 e. The summed E-state index contributed by atoms with van der Waals surface area (Å²) in [6.45, 7) is 5.63. The van der Waals surface area contributed by atoms with Crippen molar-refractivity contribution in [3.63, 3.8) is 0 Å². The van der Waals surface area contributed by atoms with E-state index in [-0.39, 0.29) is 24.7 Å². The number of alkyl halides is 3. The van der Waals surface area contributed by atoms with Crippen molar-refractivity contribution >= 4 is 11.8 Å². The van der Waals surface area contributed by atoms with Gasteiger partial charge in [0.2, 0.25) is 11.8 Å². The van der Waals surface area contributed by atoms with Crippen LogP contribution in [-0.4, -0.2) is 65.5 Å². The molecular weight excluding hydrogens is 491 g/mol. The second kappa shape index (κ2) is 8.74. The summed E-state index contributed by atoms with van der Waals surface area (Å²) in [6.07, 6.45) is 0.0603. The highest BCUT2D eigenvalue weighted by molar-refractivity contribution is 5.90. The van der Waals surface area contributed by atoms with Gasteiger partial charge in [-0.05, 0) is 37.2 Å². The fourth-order valence-corrected chi connectivity index (χ4v) is 4.92. The van der Waals surface area contributed by atoms with Crippen LogP contribution >= 0.6 is 0 Å². The molecule has 3 aliphatic rings. The van der Waals surface area contributed by atoms with Crippen LogP contribution in [0.25, 0.3) is 0 Å². The summed E-state index contributed by atoms with van der Waals surface area (Å²) in [5.74, 6) is -0.704. The summed E-state index contributed by atoms with van der Waals surface area (Å²) in [5.41, 5.74) is -1.97. The van der Waals surface area contributed by atoms with Gasteiger partial charge in [0.05, 0.1) is 11.8 Å². The number of aromatic nitrogens is 5. The number of aliphatic hydroxyl groups excluding tert-OH is 1. The predicted molar refractivity (Wildman–Crippen MR) is 123 cm³/mol. The normalized spacial score (nSPS) is 24.1. The summed E-state index contributed by atoms with van der Waals surface area (Å²) >= 11 is 0. The molecule has 37 heavy (non-hydrogen) atoms. The van der Waals surface area contributed by atoms with Gasteiger partial charge >= 0.3 is 6.18 Å². The molecule has 0 spiro atoms. The SMILES string of the molecule is CC(C)(C)[C@@H](C(=O)N1C[C@H](O)C[C@H]1C(=O)NC1(c2nccc(C(F)(F)F)n2)CC1)n1cc(C2CC2)nn1. The minimum atomic E-state index is -4.64. The second-order valence-corrected chi connectivity index (χ2v) is 11.4. The molecule has 5 rings (SSSR count). The second-order valence-electron chi connectivity index (χ2n) is 11.4. The standard InChI is InChI=1S/C24H30F3N7O3/c1-22(2,3)18(34-12-15(31-32-34)13-4-5-13)20(37)33-11-14(35)10-16(33)19(36)30-23(7-8-23)21-28-9-6-17(29-21)24(25,26)27/h6,9,12-14,16,18,35H,4-5,7-8,10-11H2,1-3H3,(H,30,36)/t14-,16+,18-/m1/s1. The monoisotopic (exact) mass is 521 g/mol. The van der Waals surface area contributed by atoms with E-state index in [2.05, 4.69) is 25.6 Å². The van der Waals surface area contributed by atoms with Crippen LogP contribution in [0.2, 0.25) is 0 Å². The lowest BCUT2D eigenvalue weighted by molar-refractivity contribution is -0.144. The molecule has 200 valence electrons. The van der Waals surface area contributed by atoms with Crippen LogP contribution < -0.4 is 5.32 Å². The molecule has 3 fully saturated rings. The zero-order valence-corrected chi connectivity index (χ0v) is 20.9. The molecule has 10 nitrogen and oxygen atoms in total. The van der Waals surface area contributed by atoms with Crippen LogP contribution in [-0.2, 0) is 21.3 Å². The number of halogens is 3. The topological polar surface area (TPSA) is 126 Å². The fraction of sp³-hybridized carbons (Fsp3) is 0.667. The third kappa shape index (κ3) is 5.05. The van der Waals surface area contributed by atoms with Gasteiger partial charge in [0.1, 0.15) is 23.3 Å². The molecule has 2 aliphatic carbocycles. The Bertz CT molecular complexity index is 1200. The van der Waals surface area contributed by atoms with Crippen LogP contribution in [0.4, 0.5) is 13.2 Å². The molecule has 0 aromatic carbocycles. The Balaban J connectivity index is 1.37. The maximum absolute atomic E-state index is 13.9. The average Bonchev–Trinajstić information content (AvgIpc) is 3.72. The van der Waals surface area contributed by atoms with Gasteiger partial charge in [-0.1, -0.05) is 26.0 Å². The van der Waals surface area contributed by atoms with E-state index in [0.717, 1.165) is 30.8 Å². The molecule has 2 amide bonds. The number of β-amino-alcohol motifs (C(OH)–C–C–N with tert-alkyl or cyclic N) is 1. The molecule has 2 aromatic rings. The van der Waals surface area contributed by atoms with E-state index in [4.69, 9.17) is 0 Å². The van der Waals surface area contributed by atoms with Crippen molar-refractivity contribution in [2.24, 2.45) is 5.41 Å². The summed E-state index contributed by atoms with van der Waals surface area (Å²) in [4.78, 5) is 36.2. The maximum atomic E-state index is 13.9. The van der Waals surface area contributed by atoms with Crippen LogP contribution in [0.5, 0.6) is 0 Å². The van der Waals surface area contributed by atoms with Gasteiger partial charge in [-0.25, -0.2) is 14.6 Å². The lowest BCUT2D eigenvalue weighted by Crippen LogP contribution is -2.52. The van der Waals surface area contributed by atoms with Crippen molar-refractivity contribution in [3.05, 3.63) is 35.7 Å². The van der Waals surface area contributed by atoms with Crippen molar-refractivity contribution in [2.45, 2.75) is 88.7 Å². The first-order chi connectivity index (χ1) is 17.3. The van der Waals surface area contributed by atoms with Crippen LogP contribution in [0.1, 0.15) is 82.0 Å². The van der Waals surface area contributed by atoms with Crippen molar-refractivity contribution in [3.8, 4) is 0 Å². The van der Waals surface area contributed by atoms with Gasteiger partial charge in [0.25, 0.3) is 0 Å². The zero-order valence-electron chi connectivity index (χ0n) is 20.9. The number of nitrogens with one attached hydrogen (secondary N) is 1. The van der Waals surface area contributed by atoms with E-state index in [1.54, 1.807) is 6.20 Å². The lowest BCUT2D eigenvalue weighted by Gasteiger charge is -2.35. The highest BCUT2D eigenvalue weighted by atomic mass is 19.4. The number of nitrogens with zero attached hydrogens (tertiary/aromatic N) is 6. The Hall–Kier alpha value is -3.09.